The van der Waals surface area contributed by atoms with Crippen molar-refractivity contribution in [2.75, 3.05) is 0 Å². The number of nitrogens with zero attached hydrogens (tertiary/aromatic N) is 1. The minimum absolute atomic E-state index is 0.522. The second-order valence-electron chi connectivity index (χ2n) is 4.78. The second kappa shape index (κ2) is 6.39. The maximum atomic E-state index is 5.60. The van der Waals surface area contributed by atoms with Gasteiger partial charge in [0.1, 0.15) is 11.5 Å². The average molecular weight is 283 g/mol. The highest BCUT2D eigenvalue weighted by molar-refractivity contribution is 5.56. The predicted molar refractivity (Wildman–Crippen MR) is 79.1 cm³/mol. The largest absolute Gasteiger partial charge is 0.460 e. The van der Waals surface area contributed by atoms with Crippen LogP contribution in [0.1, 0.15) is 16.9 Å². The van der Waals surface area contributed by atoms with Crippen LogP contribution >= 0.6 is 0 Å². The summed E-state index contributed by atoms with van der Waals surface area (Å²) in [7, 11) is 0. The molecule has 0 aliphatic carbocycles. The molecule has 108 valence electrons. The van der Waals surface area contributed by atoms with Gasteiger partial charge in [-0.3, -0.25) is 9.94 Å². The van der Waals surface area contributed by atoms with Gasteiger partial charge in [-0.2, -0.15) is 10.6 Å². The molecule has 0 radical (unpaired) electrons. The molecule has 3 aromatic rings. The number of benzene rings is 1. The van der Waals surface area contributed by atoms with Crippen LogP contribution in [-0.2, 0) is 18.0 Å². The van der Waals surface area contributed by atoms with Crippen LogP contribution in [0.15, 0.2) is 53.1 Å². The zero-order valence-corrected chi connectivity index (χ0v) is 11.8. The summed E-state index contributed by atoms with van der Waals surface area (Å²) < 4.78 is 5.60. The van der Waals surface area contributed by atoms with Crippen molar-refractivity contribution < 1.29 is 9.25 Å². The number of hydrogen-bond acceptors (Lipinski definition) is 4. The molecular weight excluding hydrogens is 266 g/mol. The zero-order chi connectivity index (χ0) is 14.5. The number of furan rings is 1. The van der Waals surface area contributed by atoms with Gasteiger partial charge in [0, 0.05) is 12.1 Å². The van der Waals surface area contributed by atoms with Crippen molar-refractivity contribution in [3.05, 3.63) is 65.5 Å². The van der Waals surface area contributed by atoms with Crippen LogP contribution in [0.3, 0.4) is 0 Å². The number of H-pyrrole nitrogens is 1. The first-order chi connectivity index (χ1) is 10.3. The third kappa shape index (κ3) is 3.39. The summed E-state index contributed by atoms with van der Waals surface area (Å²) in [6.07, 6.45) is 1.77. The molecule has 3 rings (SSSR count). The molecule has 2 aromatic heterocycles. The maximum Gasteiger partial charge on any atom is 0.152 e. The van der Waals surface area contributed by atoms with Crippen molar-refractivity contribution in [3.8, 4) is 11.5 Å². The molecule has 0 saturated carbocycles. The summed E-state index contributed by atoms with van der Waals surface area (Å²) in [6, 6.07) is 13.9. The van der Waals surface area contributed by atoms with E-state index in [0.29, 0.717) is 13.2 Å². The monoisotopic (exact) mass is 283 g/mol. The Balaban J connectivity index is 1.56. The van der Waals surface area contributed by atoms with Crippen LogP contribution in [0.5, 0.6) is 0 Å². The number of aromatic amines is 1. The van der Waals surface area contributed by atoms with E-state index in [4.69, 9.17) is 9.25 Å². The summed E-state index contributed by atoms with van der Waals surface area (Å²) in [6.45, 7) is 2.99. The van der Waals surface area contributed by atoms with Crippen molar-refractivity contribution in [3.63, 3.8) is 0 Å². The molecular formula is C16H17N3O2. The predicted octanol–water partition coefficient (Wildman–Crippen LogP) is 3.20. The number of nitrogens with one attached hydrogen (secondary N) is 2. The highest BCUT2D eigenvalue weighted by atomic mass is 16.6. The first kappa shape index (κ1) is 13.6. The lowest BCUT2D eigenvalue weighted by Gasteiger charge is -2.05. The van der Waals surface area contributed by atoms with E-state index in [1.807, 2.05) is 49.4 Å². The topological polar surface area (TPSA) is 63.1 Å². The van der Waals surface area contributed by atoms with E-state index in [1.165, 1.54) is 0 Å². The van der Waals surface area contributed by atoms with Gasteiger partial charge < -0.3 is 4.42 Å². The quantitative estimate of drug-likeness (QED) is 0.538. The first-order valence-electron chi connectivity index (χ1n) is 6.80. The maximum absolute atomic E-state index is 5.60. The number of aryl methyl sites for hydroxylation is 1. The number of hydrogen-bond donors (Lipinski definition) is 2. The molecule has 2 heterocycles. The molecule has 5 nitrogen and oxygen atoms in total. The molecule has 0 bridgehead atoms. The highest BCUT2D eigenvalue weighted by Gasteiger charge is 2.10. The smallest absolute Gasteiger partial charge is 0.152 e. The van der Waals surface area contributed by atoms with Crippen LogP contribution in [-0.4, -0.2) is 10.2 Å². The minimum Gasteiger partial charge on any atom is -0.460 e. The van der Waals surface area contributed by atoms with E-state index < -0.39 is 0 Å². The van der Waals surface area contributed by atoms with E-state index in [2.05, 4.69) is 15.7 Å². The van der Waals surface area contributed by atoms with Crippen LogP contribution in [0.4, 0.5) is 0 Å². The van der Waals surface area contributed by atoms with E-state index in [-0.39, 0.29) is 0 Å². The lowest BCUT2D eigenvalue weighted by molar-refractivity contribution is 0.0236. The number of rotatable bonds is 6. The van der Waals surface area contributed by atoms with Gasteiger partial charge in [-0.15, -0.1) is 0 Å². The van der Waals surface area contributed by atoms with Gasteiger partial charge in [0.2, 0.25) is 0 Å². The molecule has 0 aliphatic heterocycles. The molecule has 1 aromatic carbocycles. The Morgan fingerprint density at radius 2 is 2.05 bits per heavy atom. The molecule has 0 atom stereocenters. The fraction of sp³-hybridized carbons (Fsp3) is 0.188. The number of hydroxylamine groups is 1. The fourth-order valence-electron chi connectivity index (χ4n) is 2.06. The van der Waals surface area contributed by atoms with Gasteiger partial charge in [-0.1, -0.05) is 30.3 Å². The molecule has 0 amide bonds. The second-order valence-corrected chi connectivity index (χ2v) is 4.78. The standard InChI is InChI=1S/C16H17N3O2/c1-12-7-8-15(21-12)16-14(9-17-19-16)10-18-20-11-13-5-3-2-4-6-13/h2-9,18H,10-11H2,1H3,(H,17,19). The SMILES string of the molecule is Cc1ccc(-c2[nH]ncc2CNOCc2ccccc2)o1. The lowest BCUT2D eigenvalue weighted by atomic mass is 10.2. The van der Waals surface area contributed by atoms with E-state index in [9.17, 15) is 0 Å². The molecule has 5 heteroatoms. The van der Waals surface area contributed by atoms with Crippen LogP contribution in [0, 0.1) is 6.92 Å². The Bertz CT molecular complexity index is 688. The summed E-state index contributed by atoms with van der Waals surface area (Å²) >= 11 is 0. The highest BCUT2D eigenvalue weighted by Crippen LogP contribution is 2.23. The third-order valence-corrected chi connectivity index (χ3v) is 3.15. The molecule has 0 saturated heterocycles. The van der Waals surface area contributed by atoms with Crippen molar-refractivity contribution >= 4 is 0 Å². The van der Waals surface area contributed by atoms with E-state index in [1.54, 1.807) is 6.20 Å². The Hall–Kier alpha value is -2.37. The Kier molecular flexibility index (Phi) is 4.14. The van der Waals surface area contributed by atoms with Crippen LogP contribution in [0.25, 0.3) is 11.5 Å². The summed E-state index contributed by atoms with van der Waals surface area (Å²) in [5.41, 5.74) is 5.95. The third-order valence-electron chi connectivity index (χ3n) is 3.15. The van der Waals surface area contributed by atoms with Crippen LogP contribution < -0.4 is 5.48 Å². The average Bonchev–Trinajstić information content (AvgIpc) is 3.13. The summed E-state index contributed by atoms with van der Waals surface area (Å²) in [5.74, 6) is 1.66. The Labute approximate surface area is 122 Å². The van der Waals surface area contributed by atoms with Gasteiger partial charge in [0.15, 0.2) is 5.76 Å². The molecule has 2 N–H and O–H groups in total. The van der Waals surface area contributed by atoms with Crippen molar-refractivity contribution in [1.29, 1.82) is 0 Å². The van der Waals surface area contributed by atoms with Crippen molar-refractivity contribution in [1.82, 2.24) is 15.7 Å². The van der Waals surface area contributed by atoms with Gasteiger partial charge in [0.25, 0.3) is 0 Å². The summed E-state index contributed by atoms with van der Waals surface area (Å²) in [4.78, 5) is 5.47. The Morgan fingerprint density at radius 3 is 2.81 bits per heavy atom. The molecule has 0 aliphatic rings. The molecule has 0 spiro atoms. The van der Waals surface area contributed by atoms with Gasteiger partial charge in [-0.05, 0) is 24.6 Å². The van der Waals surface area contributed by atoms with E-state index >= 15 is 0 Å². The van der Waals surface area contributed by atoms with E-state index in [0.717, 1.165) is 28.3 Å². The number of aromatic nitrogens is 2. The molecule has 21 heavy (non-hydrogen) atoms. The first-order valence-corrected chi connectivity index (χ1v) is 6.80. The van der Waals surface area contributed by atoms with Gasteiger partial charge >= 0.3 is 0 Å². The minimum atomic E-state index is 0.522. The van der Waals surface area contributed by atoms with Crippen molar-refractivity contribution in [2.24, 2.45) is 0 Å². The van der Waals surface area contributed by atoms with Gasteiger partial charge in [-0.25, -0.2) is 0 Å². The fourth-order valence-corrected chi connectivity index (χ4v) is 2.06. The normalized spacial score (nSPS) is 10.9. The molecule has 0 unspecified atom stereocenters. The van der Waals surface area contributed by atoms with Gasteiger partial charge in [0.05, 0.1) is 12.8 Å². The lowest BCUT2D eigenvalue weighted by Crippen LogP contribution is -2.14. The zero-order valence-electron chi connectivity index (χ0n) is 11.8. The summed E-state index contributed by atoms with van der Waals surface area (Å²) in [5, 5.41) is 7.02. The Morgan fingerprint density at radius 1 is 1.19 bits per heavy atom. The van der Waals surface area contributed by atoms with Crippen molar-refractivity contribution in [2.45, 2.75) is 20.1 Å². The van der Waals surface area contributed by atoms with Crippen LogP contribution in [0.2, 0.25) is 0 Å². The molecule has 0 fully saturated rings.